The van der Waals surface area contributed by atoms with Gasteiger partial charge in [0.05, 0.1) is 17.1 Å². The van der Waals surface area contributed by atoms with Crippen LogP contribution in [0.5, 0.6) is 0 Å². The zero-order valence-electron chi connectivity index (χ0n) is 11.5. The maximum absolute atomic E-state index is 11.9. The topological polar surface area (TPSA) is 102 Å². The maximum Gasteiger partial charge on any atom is 0.338 e. The number of hydrogen-bond donors (Lipinski definition) is 2. The van der Waals surface area contributed by atoms with Crippen LogP contribution in [0.4, 0.5) is 0 Å². The molecule has 0 aromatic heterocycles. The van der Waals surface area contributed by atoms with Gasteiger partial charge in [-0.25, -0.2) is 13.2 Å². The average molecular weight is 312 g/mol. The fraction of sp³-hybridized carbons (Fsp3) is 0.385. The van der Waals surface area contributed by atoms with E-state index in [2.05, 4.69) is 5.43 Å². The van der Waals surface area contributed by atoms with E-state index in [-0.39, 0.29) is 28.9 Å². The second-order valence-electron chi connectivity index (χ2n) is 4.61. The van der Waals surface area contributed by atoms with E-state index in [0.29, 0.717) is 0 Å². The molecule has 1 saturated carbocycles. The Balaban J connectivity index is 2.02. The first-order chi connectivity index (χ1) is 9.94. The van der Waals surface area contributed by atoms with Crippen LogP contribution < -0.4 is 10.3 Å². The number of carbonyl (C=O) groups is 2. The molecular formula is C13H16N2O5S. The molecule has 7 nitrogen and oxygen atoms in total. The Morgan fingerprint density at radius 1 is 1.24 bits per heavy atom. The fourth-order valence-electron chi connectivity index (χ4n) is 1.61. The Morgan fingerprint density at radius 3 is 2.38 bits per heavy atom. The van der Waals surface area contributed by atoms with E-state index in [0.717, 1.165) is 12.8 Å². The van der Waals surface area contributed by atoms with Crippen molar-refractivity contribution in [2.75, 3.05) is 6.61 Å². The lowest BCUT2D eigenvalue weighted by molar-refractivity contribution is -0.122. The van der Waals surface area contributed by atoms with Gasteiger partial charge in [-0.15, -0.1) is 4.83 Å². The van der Waals surface area contributed by atoms with Crippen molar-refractivity contribution in [1.82, 2.24) is 10.3 Å². The summed E-state index contributed by atoms with van der Waals surface area (Å²) in [6.45, 7) is 1.93. The second-order valence-corrected chi connectivity index (χ2v) is 6.30. The summed E-state index contributed by atoms with van der Waals surface area (Å²) in [6.07, 6.45) is 1.56. The van der Waals surface area contributed by atoms with E-state index >= 15 is 0 Å². The summed E-state index contributed by atoms with van der Waals surface area (Å²) < 4.78 is 28.7. The largest absolute Gasteiger partial charge is 0.462 e. The Morgan fingerprint density at radius 2 is 1.86 bits per heavy atom. The van der Waals surface area contributed by atoms with Gasteiger partial charge >= 0.3 is 5.97 Å². The summed E-state index contributed by atoms with van der Waals surface area (Å²) in [5, 5.41) is 0. The SMILES string of the molecule is CCOC(=O)c1ccc(S(=O)(=O)NNC(=O)C2CC2)cc1. The van der Waals surface area contributed by atoms with Crippen LogP contribution in [0.1, 0.15) is 30.1 Å². The number of rotatable bonds is 6. The number of carbonyl (C=O) groups excluding carboxylic acids is 2. The minimum atomic E-state index is -3.85. The van der Waals surface area contributed by atoms with Gasteiger partial charge in [-0.05, 0) is 44.0 Å². The van der Waals surface area contributed by atoms with Gasteiger partial charge in [-0.1, -0.05) is 0 Å². The van der Waals surface area contributed by atoms with E-state index in [9.17, 15) is 18.0 Å². The molecule has 1 aliphatic rings. The molecule has 2 N–H and O–H groups in total. The molecule has 1 aromatic carbocycles. The normalized spacial score (nSPS) is 14.5. The molecule has 8 heteroatoms. The van der Waals surface area contributed by atoms with E-state index in [4.69, 9.17) is 4.74 Å². The first-order valence-electron chi connectivity index (χ1n) is 6.53. The van der Waals surface area contributed by atoms with Gasteiger partial charge in [-0.3, -0.25) is 10.2 Å². The van der Waals surface area contributed by atoms with Crippen molar-refractivity contribution in [1.29, 1.82) is 0 Å². The molecule has 0 heterocycles. The average Bonchev–Trinajstić information content (AvgIpc) is 3.30. The molecule has 0 bridgehead atoms. The van der Waals surface area contributed by atoms with E-state index < -0.39 is 16.0 Å². The third-order valence-electron chi connectivity index (χ3n) is 2.93. The Kier molecular flexibility index (Phi) is 4.59. The summed E-state index contributed by atoms with van der Waals surface area (Å²) in [7, 11) is -3.85. The van der Waals surface area contributed by atoms with Crippen LogP contribution in [0.3, 0.4) is 0 Å². The fourth-order valence-corrected chi connectivity index (χ4v) is 2.46. The monoisotopic (exact) mass is 312 g/mol. The highest BCUT2D eigenvalue weighted by Gasteiger charge is 2.30. The molecule has 0 saturated heterocycles. The van der Waals surface area contributed by atoms with Gasteiger partial charge in [-0.2, -0.15) is 0 Å². The van der Waals surface area contributed by atoms with Gasteiger partial charge < -0.3 is 4.74 Å². The smallest absolute Gasteiger partial charge is 0.338 e. The number of benzene rings is 1. The Hall–Kier alpha value is -1.93. The molecule has 1 aromatic rings. The van der Waals surface area contributed by atoms with Crippen LogP contribution in [-0.2, 0) is 19.6 Å². The van der Waals surface area contributed by atoms with Crippen molar-refractivity contribution >= 4 is 21.9 Å². The molecule has 1 amide bonds. The standard InChI is InChI=1S/C13H16N2O5S/c1-2-20-13(17)10-5-7-11(8-6-10)21(18,19)15-14-12(16)9-3-4-9/h5-9,15H,2-4H2,1H3,(H,14,16). The first-order valence-corrected chi connectivity index (χ1v) is 8.01. The summed E-state index contributed by atoms with van der Waals surface area (Å²) in [4.78, 5) is 24.8. The number of esters is 1. The molecule has 1 fully saturated rings. The van der Waals surface area contributed by atoms with Gasteiger partial charge in [0.1, 0.15) is 0 Å². The van der Waals surface area contributed by atoms with Gasteiger partial charge in [0.15, 0.2) is 0 Å². The van der Waals surface area contributed by atoms with Crippen LogP contribution >= 0.6 is 0 Å². The number of amides is 1. The molecule has 0 radical (unpaired) electrons. The molecular weight excluding hydrogens is 296 g/mol. The molecule has 1 aliphatic carbocycles. The van der Waals surface area contributed by atoms with Crippen molar-refractivity contribution in [3.8, 4) is 0 Å². The van der Waals surface area contributed by atoms with Gasteiger partial charge in [0.2, 0.25) is 5.91 Å². The van der Waals surface area contributed by atoms with Crippen molar-refractivity contribution < 1.29 is 22.7 Å². The number of nitrogens with one attached hydrogen (secondary N) is 2. The van der Waals surface area contributed by atoms with Crippen molar-refractivity contribution in [3.63, 3.8) is 0 Å². The first kappa shape index (κ1) is 15.5. The van der Waals surface area contributed by atoms with Crippen LogP contribution in [0.25, 0.3) is 0 Å². The molecule has 2 rings (SSSR count). The van der Waals surface area contributed by atoms with Gasteiger partial charge in [0.25, 0.3) is 10.0 Å². The van der Waals surface area contributed by atoms with E-state index in [1.807, 2.05) is 4.83 Å². The van der Waals surface area contributed by atoms with Gasteiger partial charge in [0, 0.05) is 5.92 Å². The minimum Gasteiger partial charge on any atom is -0.462 e. The molecule has 0 atom stereocenters. The molecule has 21 heavy (non-hydrogen) atoms. The minimum absolute atomic E-state index is 0.0494. The lowest BCUT2D eigenvalue weighted by Crippen LogP contribution is -2.42. The highest BCUT2D eigenvalue weighted by molar-refractivity contribution is 7.89. The summed E-state index contributed by atoms with van der Waals surface area (Å²) in [6, 6.07) is 5.26. The van der Waals surface area contributed by atoms with Crippen molar-refractivity contribution in [2.24, 2.45) is 5.92 Å². The number of ether oxygens (including phenoxy) is 1. The third kappa shape index (κ3) is 4.02. The van der Waals surface area contributed by atoms with Crippen LogP contribution in [0.2, 0.25) is 0 Å². The Bertz CT molecular complexity index is 635. The van der Waals surface area contributed by atoms with Crippen LogP contribution in [0, 0.1) is 5.92 Å². The maximum atomic E-state index is 11.9. The van der Waals surface area contributed by atoms with Crippen molar-refractivity contribution in [3.05, 3.63) is 29.8 Å². The van der Waals surface area contributed by atoms with E-state index in [1.54, 1.807) is 6.92 Å². The van der Waals surface area contributed by atoms with Crippen LogP contribution in [0.15, 0.2) is 29.2 Å². The predicted molar refractivity (Wildman–Crippen MR) is 73.6 cm³/mol. The summed E-state index contributed by atoms with van der Waals surface area (Å²) in [5.74, 6) is -0.947. The highest BCUT2D eigenvalue weighted by Crippen LogP contribution is 2.28. The van der Waals surface area contributed by atoms with Crippen molar-refractivity contribution in [2.45, 2.75) is 24.7 Å². The number of sulfonamides is 1. The summed E-state index contributed by atoms with van der Waals surface area (Å²) in [5.41, 5.74) is 2.43. The third-order valence-corrected chi connectivity index (χ3v) is 4.20. The number of hydrogen-bond acceptors (Lipinski definition) is 5. The lowest BCUT2D eigenvalue weighted by atomic mass is 10.2. The molecule has 0 unspecified atom stereocenters. The lowest BCUT2D eigenvalue weighted by Gasteiger charge is -2.08. The Labute approximate surface area is 122 Å². The zero-order valence-corrected chi connectivity index (χ0v) is 12.3. The van der Waals surface area contributed by atoms with Crippen LogP contribution in [-0.4, -0.2) is 26.9 Å². The number of hydrazine groups is 1. The molecule has 0 aliphatic heterocycles. The van der Waals surface area contributed by atoms with E-state index in [1.165, 1.54) is 24.3 Å². The quantitative estimate of drug-likeness (QED) is 0.591. The molecule has 0 spiro atoms. The highest BCUT2D eigenvalue weighted by atomic mass is 32.2. The molecule has 114 valence electrons. The predicted octanol–water partition coefficient (Wildman–Crippen LogP) is 0.583. The second kappa shape index (κ2) is 6.23. The zero-order chi connectivity index (χ0) is 15.5. The summed E-state index contributed by atoms with van der Waals surface area (Å²) >= 11 is 0.